The van der Waals surface area contributed by atoms with Gasteiger partial charge in [-0.05, 0) is 36.6 Å². The predicted octanol–water partition coefficient (Wildman–Crippen LogP) is 3.37. The summed E-state index contributed by atoms with van der Waals surface area (Å²) in [4.78, 5) is 12.0. The molecule has 1 rings (SSSR count). The Morgan fingerprint density at radius 1 is 1.30 bits per heavy atom. The zero-order chi connectivity index (χ0) is 15.0. The highest BCUT2D eigenvalue weighted by atomic mass is 16.5. The van der Waals surface area contributed by atoms with Gasteiger partial charge in [0.25, 0.3) is 0 Å². The molecule has 0 radical (unpaired) electrons. The summed E-state index contributed by atoms with van der Waals surface area (Å²) in [5.41, 5.74) is 1.43. The summed E-state index contributed by atoms with van der Waals surface area (Å²) in [6.45, 7) is 4.82. The van der Waals surface area contributed by atoms with Gasteiger partial charge in [0, 0.05) is 7.05 Å². The van der Waals surface area contributed by atoms with Crippen LogP contribution in [0.5, 0.6) is 0 Å². The van der Waals surface area contributed by atoms with Crippen molar-refractivity contribution < 1.29 is 9.53 Å². The fraction of sp³-hybridized carbons (Fsp3) is 0.562. The zero-order valence-electron chi connectivity index (χ0n) is 12.8. The van der Waals surface area contributed by atoms with E-state index in [1.165, 1.54) is 17.9 Å². The number of hydrogen-bond donors (Lipinski definition) is 1. The van der Waals surface area contributed by atoms with Crippen molar-refractivity contribution in [1.82, 2.24) is 0 Å². The number of carbonyl (C=O) groups excluding carboxylic acids is 1. The summed E-state index contributed by atoms with van der Waals surface area (Å²) in [5, 5.41) is 1.51. The number of hydrazine groups is 1. The second-order valence-electron chi connectivity index (χ2n) is 5.17. The van der Waals surface area contributed by atoms with Crippen LogP contribution in [0.15, 0.2) is 24.3 Å². The van der Waals surface area contributed by atoms with Crippen LogP contribution in [0, 0.1) is 5.92 Å². The molecule has 0 spiro atoms. The predicted molar refractivity (Wildman–Crippen MR) is 82.6 cm³/mol. The van der Waals surface area contributed by atoms with E-state index in [0.717, 1.165) is 18.5 Å². The Morgan fingerprint density at radius 2 is 1.95 bits per heavy atom. The molecular formula is C16H26N2O2. The number of unbranched alkanes of at least 4 members (excludes halogenated alkanes) is 1. The first kappa shape index (κ1) is 16.5. The van der Waals surface area contributed by atoms with E-state index in [0.29, 0.717) is 18.1 Å². The van der Waals surface area contributed by atoms with E-state index in [4.69, 9.17) is 10.6 Å². The van der Waals surface area contributed by atoms with Crippen LogP contribution < -0.4 is 10.9 Å². The summed E-state index contributed by atoms with van der Waals surface area (Å²) in [7, 11) is 1.76. The average Bonchev–Trinajstić information content (AvgIpc) is 2.47. The SMILES string of the molecule is CCCCC(CC)COC(=O)c1ccc(N(C)N)cc1. The van der Waals surface area contributed by atoms with Crippen molar-refractivity contribution >= 4 is 11.7 Å². The third-order valence-electron chi connectivity index (χ3n) is 3.50. The topological polar surface area (TPSA) is 55.6 Å². The molecule has 1 aromatic rings. The summed E-state index contributed by atoms with van der Waals surface area (Å²) in [6.07, 6.45) is 4.54. The molecule has 0 saturated heterocycles. The van der Waals surface area contributed by atoms with Crippen LogP contribution in [0.25, 0.3) is 0 Å². The van der Waals surface area contributed by atoms with E-state index >= 15 is 0 Å². The Morgan fingerprint density at radius 3 is 2.45 bits per heavy atom. The molecule has 0 aliphatic carbocycles. The lowest BCUT2D eigenvalue weighted by Gasteiger charge is -2.15. The van der Waals surface area contributed by atoms with Gasteiger partial charge in [-0.1, -0.05) is 33.1 Å². The molecule has 2 N–H and O–H groups in total. The van der Waals surface area contributed by atoms with Crippen LogP contribution in [0.3, 0.4) is 0 Å². The van der Waals surface area contributed by atoms with E-state index < -0.39 is 0 Å². The van der Waals surface area contributed by atoms with E-state index in [2.05, 4.69) is 13.8 Å². The first-order chi connectivity index (χ1) is 9.58. The summed E-state index contributed by atoms with van der Waals surface area (Å²) in [5.74, 6) is 5.83. The number of ether oxygens (including phenoxy) is 1. The lowest BCUT2D eigenvalue weighted by atomic mass is 10.0. The molecule has 0 amide bonds. The van der Waals surface area contributed by atoms with E-state index in [-0.39, 0.29) is 5.97 Å². The fourth-order valence-electron chi connectivity index (χ4n) is 2.01. The number of carbonyl (C=O) groups is 1. The monoisotopic (exact) mass is 278 g/mol. The van der Waals surface area contributed by atoms with Crippen LogP contribution in [0.2, 0.25) is 0 Å². The molecule has 0 aromatic heterocycles. The first-order valence-corrected chi connectivity index (χ1v) is 7.34. The summed E-state index contributed by atoms with van der Waals surface area (Å²) < 4.78 is 5.39. The third kappa shape index (κ3) is 5.21. The standard InChI is InChI=1S/C16H26N2O2/c1-4-6-7-13(5-2)12-20-16(19)14-8-10-15(11-9-14)18(3)17/h8-11,13H,4-7,12,17H2,1-3H3. The average molecular weight is 278 g/mol. The van der Waals surface area contributed by atoms with Gasteiger partial charge in [-0.2, -0.15) is 0 Å². The minimum atomic E-state index is -0.258. The molecule has 4 heteroatoms. The smallest absolute Gasteiger partial charge is 0.338 e. The molecular weight excluding hydrogens is 252 g/mol. The number of nitrogens with two attached hydrogens (primary N) is 1. The van der Waals surface area contributed by atoms with Gasteiger partial charge in [0.05, 0.1) is 17.9 Å². The van der Waals surface area contributed by atoms with Crippen LogP contribution in [0.1, 0.15) is 49.9 Å². The molecule has 20 heavy (non-hydrogen) atoms. The van der Waals surface area contributed by atoms with Gasteiger partial charge in [0.1, 0.15) is 0 Å². The molecule has 0 saturated carbocycles. The van der Waals surface area contributed by atoms with Crippen molar-refractivity contribution in [3.63, 3.8) is 0 Å². The highest BCUT2D eigenvalue weighted by Crippen LogP contribution is 2.15. The minimum absolute atomic E-state index is 0.258. The van der Waals surface area contributed by atoms with Crippen LogP contribution in [0.4, 0.5) is 5.69 Å². The van der Waals surface area contributed by atoms with Crippen LogP contribution >= 0.6 is 0 Å². The number of anilines is 1. The van der Waals surface area contributed by atoms with Gasteiger partial charge in [0.2, 0.25) is 0 Å². The number of benzene rings is 1. The van der Waals surface area contributed by atoms with Gasteiger partial charge in [-0.25, -0.2) is 10.6 Å². The second-order valence-corrected chi connectivity index (χ2v) is 5.17. The molecule has 0 aliphatic heterocycles. The van der Waals surface area contributed by atoms with Gasteiger partial charge in [-0.15, -0.1) is 0 Å². The highest BCUT2D eigenvalue weighted by molar-refractivity contribution is 5.89. The summed E-state index contributed by atoms with van der Waals surface area (Å²) >= 11 is 0. The largest absolute Gasteiger partial charge is 0.462 e. The molecule has 1 atom stereocenters. The zero-order valence-corrected chi connectivity index (χ0v) is 12.8. The molecule has 1 unspecified atom stereocenters. The number of nitrogens with zero attached hydrogens (tertiary/aromatic N) is 1. The Labute approximate surface area is 121 Å². The van der Waals surface area contributed by atoms with E-state index in [9.17, 15) is 4.79 Å². The Kier molecular flexibility index (Phi) is 7.09. The molecule has 1 aromatic carbocycles. The second kappa shape index (κ2) is 8.59. The van der Waals surface area contributed by atoms with E-state index in [1.807, 2.05) is 12.1 Å². The number of rotatable bonds is 8. The van der Waals surface area contributed by atoms with Crippen molar-refractivity contribution in [3.8, 4) is 0 Å². The molecule has 0 bridgehead atoms. The molecule has 0 fully saturated rings. The van der Waals surface area contributed by atoms with Crippen molar-refractivity contribution in [2.75, 3.05) is 18.7 Å². The fourth-order valence-corrected chi connectivity index (χ4v) is 2.01. The van der Waals surface area contributed by atoms with Crippen molar-refractivity contribution in [3.05, 3.63) is 29.8 Å². The van der Waals surface area contributed by atoms with Crippen LogP contribution in [-0.4, -0.2) is 19.6 Å². The lowest BCUT2D eigenvalue weighted by Crippen LogP contribution is -2.24. The minimum Gasteiger partial charge on any atom is -0.462 e. The highest BCUT2D eigenvalue weighted by Gasteiger charge is 2.12. The van der Waals surface area contributed by atoms with E-state index in [1.54, 1.807) is 19.2 Å². The first-order valence-electron chi connectivity index (χ1n) is 7.34. The quantitative estimate of drug-likeness (QED) is 0.450. The maximum absolute atomic E-state index is 12.0. The Hall–Kier alpha value is -1.55. The lowest BCUT2D eigenvalue weighted by molar-refractivity contribution is 0.0428. The molecule has 4 nitrogen and oxygen atoms in total. The maximum atomic E-state index is 12.0. The third-order valence-corrected chi connectivity index (χ3v) is 3.50. The normalized spacial score (nSPS) is 12.0. The summed E-state index contributed by atoms with van der Waals surface area (Å²) in [6, 6.07) is 7.11. The van der Waals surface area contributed by atoms with Gasteiger partial charge in [0.15, 0.2) is 0 Å². The Balaban J connectivity index is 2.49. The number of esters is 1. The van der Waals surface area contributed by atoms with Gasteiger partial charge < -0.3 is 9.75 Å². The van der Waals surface area contributed by atoms with Crippen molar-refractivity contribution in [2.45, 2.75) is 39.5 Å². The molecule has 112 valence electrons. The van der Waals surface area contributed by atoms with Gasteiger partial charge in [-0.3, -0.25) is 0 Å². The number of hydrogen-bond acceptors (Lipinski definition) is 4. The van der Waals surface area contributed by atoms with Gasteiger partial charge >= 0.3 is 5.97 Å². The maximum Gasteiger partial charge on any atom is 0.338 e. The molecule has 0 heterocycles. The van der Waals surface area contributed by atoms with Crippen LogP contribution in [-0.2, 0) is 4.74 Å². The Bertz CT molecular complexity index is 401. The van der Waals surface area contributed by atoms with Crippen molar-refractivity contribution in [2.24, 2.45) is 11.8 Å². The van der Waals surface area contributed by atoms with Crippen molar-refractivity contribution in [1.29, 1.82) is 0 Å². The molecule has 0 aliphatic rings.